The summed E-state index contributed by atoms with van der Waals surface area (Å²) in [4.78, 5) is 14.9. The molecule has 1 N–H and O–H groups in total. The molecule has 140 valence electrons. The summed E-state index contributed by atoms with van der Waals surface area (Å²) in [6.45, 7) is 8.12. The van der Waals surface area contributed by atoms with Gasteiger partial charge in [-0.15, -0.1) is 0 Å². The summed E-state index contributed by atoms with van der Waals surface area (Å²) in [6.07, 6.45) is 3.77. The monoisotopic (exact) mass is 375 g/mol. The molecular formula is C20H26ClN3O2. The fourth-order valence-corrected chi connectivity index (χ4v) is 3.35. The van der Waals surface area contributed by atoms with Gasteiger partial charge in [-0.2, -0.15) is 5.10 Å². The number of carbonyl (C=O) groups is 1. The minimum atomic E-state index is -0.379. The second kappa shape index (κ2) is 7.05. The van der Waals surface area contributed by atoms with Gasteiger partial charge in [0.2, 0.25) is 0 Å². The van der Waals surface area contributed by atoms with Gasteiger partial charge in [-0.05, 0) is 58.2 Å². The van der Waals surface area contributed by atoms with Crippen LogP contribution in [0.1, 0.15) is 61.1 Å². The van der Waals surface area contributed by atoms with Gasteiger partial charge in [0.25, 0.3) is 5.91 Å². The maximum Gasteiger partial charge on any atom is 0.257 e. The standard InChI is InChI=1S/C20H26ClN3O2/c1-13-5-8-15(11-17(13)21)24-18(14-6-7-14)16(12-22-24)19(26)23(9-10-25)20(2,3)4/h5,8,11-12,14,25H,6-7,9-10H2,1-4H3. The normalized spacial score (nSPS) is 14.5. The minimum absolute atomic E-state index is 0.0660. The summed E-state index contributed by atoms with van der Waals surface area (Å²) in [7, 11) is 0. The summed E-state index contributed by atoms with van der Waals surface area (Å²) in [5.74, 6) is 0.255. The van der Waals surface area contributed by atoms with E-state index in [-0.39, 0.29) is 18.1 Å². The Morgan fingerprint density at radius 2 is 2.08 bits per heavy atom. The molecule has 1 aromatic heterocycles. The van der Waals surface area contributed by atoms with Crippen molar-refractivity contribution in [3.8, 4) is 5.69 Å². The van der Waals surface area contributed by atoms with Crippen LogP contribution in [0.15, 0.2) is 24.4 Å². The molecule has 2 aromatic rings. The number of rotatable bonds is 5. The first-order valence-corrected chi connectivity index (χ1v) is 9.39. The number of aliphatic hydroxyl groups is 1. The van der Waals surface area contributed by atoms with E-state index in [1.807, 2.05) is 50.6 Å². The van der Waals surface area contributed by atoms with Crippen LogP contribution < -0.4 is 0 Å². The zero-order valence-electron chi connectivity index (χ0n) is 15.8. The number of nitrogens with zero attached hydrogens (tertiary/aromatic N) is 3. The largest absolute Gasteiger partial charge is 0.395 e. The Balaban J connectivity index is 2.05. The van der Waals surface area contributed by atoms with Crippen LogP contribution in [0.4, 0.5) is 0 Å². The summed E-state index contributed by atoms with van der Waals surface area (Å²) >= 11 is 6.29. The fourth-order valence-electron chi connectivity index (χ4n) is 3.18. The van der Waals surface area contributed by atoms with E-state index in [1.165, 1.54) is 0 Å². The number of benzene rings is 1. The van der Waals surface area contributed by atoms with E-state index >= 15 is 0 Å². The Labute approximate surface area is 159 Å². The molecule has 1 aliphatic rings. The van der Waals surface area contributed by atoms with Crippen LogP contribution in [0.25, 0.3) is 5.69 Å². The number of aryl methyl sites for hydroxylation is 1. The first kappa shape index (κ1) is 18.9. The van der Waals surface area contributed by atoms with Gasteiger partial charge in [-0.1, -0.05) is 17.7 Å². The van der Waals surface area contributed by atoms with Crippen molar-refractivity contribution in [2.45, 2.75) is 52.0 Å². The van der Waals surface area contributed by atoms with Crippen LogP contribution in [0, 0.1) is 6.92 Å². The van der Waals surface area contributed by atoms with Crippen LogP contribution in [0.5, 0.6) is 0 Å². The highest BCUT2D eigenvalue weighted by Crippen LogP contribution is 2.43. The van der Waals surface area contributed by atoms with Gasteiger partial charge in [-0.3, -0.25) is 4.79 Å². The topological polar surface area (TPSA) is 58.4 Å². The van der Waals surface area contributed by atoms with Crippen molar-refractivity contribution >= 4 is 17.5 Å². The zero-order valence-corrected chi connectivity index (χ0v) is 16.5. The lowest BCUT2D eigenvalue weighted by Gasteiger charge is -2.35. The molecule has 0 aliphatic heterocycles. The van der Waals surface area contributed by atoms with Gasteiger partial charge < -0.3 is 10.0 Å². The molecule has 3 rings (SSSR count). The molecule has 26 heavy (non-hydrogen) atoms. The summed E-state index contributed by atoms with van der Waals surface area (Å²) in [5, 5.41) is 14.6. The molecule has 6 heteroatoms. The number of β-amino-alcohol motifs (C(OH)–C–C–N with tert-alkyl or cyclic N) is 1. The number of hydrogen-bond donors (Lipinski definition) is 1. The molecule has 1 aromatic carbocycles. The molecule has 0 unspecified atom stereocenters. The van der Waals surface area contributed by atoms with Gasteiger partial charge in [-0.25, -0.2) is 4.68 Å². The van der Waals surface area contributed by atoms with E-state index in [1.54, 1.807) is 11.1 Å². The van der Waals surface area contributed by atoms with Crippen LogP contribution >= 0.6 is 11.6 Å². The maximum atomic E-state index is 13.2. The second-order valence-corrected chi connectivity index (χ2v) is 8.32. The summed E-state index contributed by atoms with van der Waals surface area (Å²) in [5.41, 5.74) is 3.06. The lowest BCUT2D eigenvalue weighted by molar-refractivity contribution is 0.0525. The summed E-state index contributed by atoms with van der Waals surface area (Å²) in [6, 6.07) is 5.83. The third-order valence-electron chi connectivity index (χ3n) is 4.78. The van der Waals surface area contributed by atoms with Crippen molar-refractivity contribution in [3.05, 3.63) is 46.2 Å². The van der Waals surface area contributed by atoms with Crippen LogP contribution in [0.2, 0.25) is 5.02 Å². The van der Waals surface area contributed by atoms with Gasteiger partial charge in [0.1, 0.15) is 0 Å². The number of halogens is 1. The predicted molar refractivity (Wildman–Crippen MR) is 103 cm³/mol. The van der Waals surface area contributed by atoms with Crippen molar-refractivity contribution in [3.63, 3.8) is 0 Å². The third kappa shape index (κ3) is 3.64. The smallest absolute Gasteiger partial charge is 0.257 e. The van der Waals surface area contributed by atoms with E-state index in [4.69, 9.17) is 11.6 Å². The van der Waals surface area contributed by atoms with Gasteiger partial charge in [0.15, 0.2) is 0 Å². The molecule has 1 fully saturated rings. The molecule has 0 radical (unpaired) electrons. The van der Waals surface area contributed by atoms with Crippen molar-refractivity contribution in [2.24, 2.45) is 0 Å². The molecule has 1 aliphatic carbocycles. The van der Waals surface area contributed by atoms with Crippen LogP contribution in [0.3, 0.4) is 0 Å². The lowest BCUT2D eigenvalue weighted by Crippen LogP contribution is -2.47. The minimum Gasteiger partial charge on any atom is -0.395 e. The Hall–Kier alpha value is -1.85. The molecule has 0 saturated heterocycles. The molecule has 0 spiro atoms. The molecule has 0 bridgehead atoms. The lowest BCUT2D eigenvalue weighted by atomic mass is 10.0. The molecule has 0 atom stereocenters. The van der Waals surface area contributed by atoms with E-state index in [0.29, 0.717) is 23.0 Å². The highest BCUT2D eigenvalue weighted by atomic mass is 35.5. The van der Waals surface area contributed by atoms with Crippen molar-refractivity contribution < 1.29 is 9.90 Å². The van der Waals surface area contributed by atoms with E-state index in [0.717, 1.165) is 29.8 Å². The van der Waals surface area contributed by atoms with Gasteiger partial charge in [0, 0.05) is 23.0 Å². The quantitative estimate of drug-likeness (QED) is 0.860. The van der Waals surface area contributed by atoms with Gasteiger partial charge >= 0.3 is 0 Å². The number of carbonyl (C=O) groups excluding carboxylic acids is 1. The van der Waals surface area contributed by atoms with Crippen molar-refractivity contribution in [2.75, 3.05) is 13.2 Å². The Bertz CT molecular complexity index is 819. The SMILES string of the molecule is Cc1ccc(-n2ncc(C(=O)N(CCO)C(C)(C)C)c2C2CC2)cc1Cl. The van der Waals surface area contributed by atoms with Gasteiger partial charge in [0.05, 0.1) is 29.7 Å². The van der Waals surface area contributed by atoms with E-state index in [2.05, 4.69) is 5.10 Å². The van der Waals surface area contributed by atoms with E-state index in [9.17, 15) is 9.90 Å². The Kier molecular flexibility index (Phi) is 5.13. The molecular weight excluding hydrogens is 350 g/mol. The fraction of sp³-hybridized carbons (Fsp3) is 0.500. The molecule has 5 nitrogen and oxygen atoms in total. The average molecular weight is 376 g/mol. The third-order valence-corrected chi connectivity index (χ3v) is 5.19. The Morgan fingerprint density at radius 3 is 2.62 bits per heavy atom. The number of amides is 1. The number of aromatic nitrogens is 2. The average Bonchev–Trinajstić information content (AvgIpc) is 3.32. The number of aliphatic hydroxyl groups excluding tert-OH is 1. The molecule has 1 amide bonds. The molecule has 1 saturated carbocycles. The van der Waals surface area contributed by atoms with Crippen LogP contribution in [-0.2, 0) is 0 Å². The number of hydrogen-bond acceptors (Lipinski definition) is 3. The Morgan fingerprint density at radius 1 is 1.38 bits per heavy atom. The van der Waals surface area contributed by atoms with Crippen molar-refractivity contribution in [1.82, 2.24) is 14.7 Å². The second-order valence-electron chi connectivity index (χ2n) is 7.91. The maximum absolute atomic E-state index is 13.2. The molecule has 1 heterocycles. The highest BCUT2D eigenvalue weighted by molar-refractivity contribution is 6.31. The highest BCUT2D eigenvalue weighted by Gasteiger charge is 2.36. The zero-order chi connectivity index (χ0) is 19.1. The summed E-state index contributed by atoms with van der Waals surface area (Å²) < 4.78 is 1.84. The first-order valence-electron chi connectivity index (χ1n) is 9.01. The first-order chi connectivity index (χ1) is 12.2. The van der Waals surface area contributed by atoms with Crippen LogP contribution in [-0.4, -0.2) is 44.4 Å². The predicted octanol–water partition coefficient (Wildman–Crippen LogP) is 3.94. The van der Waals surface area contributed by atoms with Crippen molar-refractivity contribution in [1.29, 1.82) is 0 Å². The van der Waals surface area contributed by atoms with E-state index < -0.39 is 0 Å².